The minimum atomic E-state index is 0.374. The van der Waals surface area contributed by atoms with Crippen LogP contribution in [0.15, 0.2) is 35.0 Å². The maximum absolute atomic E-state index is 9.68. The lowest BCUT2D eigenvalue weighted by atomic mass is 10.1. The number of rotatable bonds is 5. The lowest BCUT2D eigenvalue weighted by molar-refractivity contribution is 0.464. The van der Waals surface area contributed by atoms with E-state index in [1.165, 1.54) is 11.1 Å². The van der Waals surface area contributed by atoms with Crippen LogP contribution in [-0.4, -0.2) is 11.7 Å². The molecule has 0 saturated heterocycles. The summed E-state index contributed by atoms with van der Waals surface area (Å²) in [5, 5.41) is 17.3. The first kappa shape index (κ1) is 12.1. The molecule has 17 heavy (non-hydrogen) atoms. The minimum Gasteiger partial charge on any atom is -0.508 e. The van der Waals surface area contributed by atoms with E-state index < -0.39 is 0 Å². The van der Waals surface area contributed by atoms with Gasteiger partial charge in [0.25, 0.3) is 0 Å². The van der Waals surface area contributed by atoms with E-state index in [4.69, 9.17) is 0 Å². The Hall–Kier alpha value is -1.32. The predicted octanol–water partition coefficient (Wildman–Crippen LogP) is 3.09. The molecule has 0 spiro atoms. The van der Waals surface area contributed by atoms with Crippen LogP contribution in [0.2, 0.25) is 0 Å². The molecule has 0 aliphatic heterocycles. The van der Waals surface area contributed by atoms with Gasteiger partial charge in [0.15, 0.2) is 0 Å². The van der Waals surface area contributed by atoms with Crippen molar-refractivity contribution in [3.8, 4) is 5.75 Å². The van der Waals surface area contributed by atoms with Crippen LogP contribution in [0.4, 0.5) is 0 Å². The molecule has 2 N–H and O–H groups in total. The summed E-state index contributed by atoms with van der Waals surface area (Å²) >= 11 is 1.73. The highest BCUT2D eigenvalue weighted by atomic mass is 32.1. The number of phenols is 1. The average Bonchev–Trinajstić information content (AvgIpc) is 2.82. The van der Waals surface area contributed by atoms with Crippen molar-refractivity contribution in [2.45, 2.75) is 19.9 Å². The van der Waals surface area contributed by atoms with Crippen molar-refractivity contribution in [2.24, 2.45) is 0 Å². The molecule has 2 rings (SSSR count). The van der Waals surface area contributed by atoms with Crippen LogP contribution in [0.25, 0.3) is 0 Å². The topological polar surface area (TPSA) is 32.3 Å². The van der Waals surface area contributed by atoms with Gasteiger partial charge in [-0.3, -0.25) is 0 Å². The smallest absolute Gasteiger partial charge is 0.120 e. The molecule has 90 valence electrons. The molecular weight excluding hydrogens is 230 g/mol. The number of aromatic hydroxyl groups is 1. The Morgan fingerprint density at radius 3 is 2.94 bits per heavy atom. The summed E-state index contributed by atoms with van der Waals surface area (Å²) < 4.78 is 0. The van der Waals surface area contributed by atoms with E-state index >= 15 is 0 Å². The molecule has 0 unspecified atom stereocenters. The van der Waals surface area contributed by atoms with Crippen molar-refractivity contribution < 1.29 is 5.11 Å². The molecule has 3 heteroatoms. The van der Waals surface area contributed by atoms with Crippen molar-refractivity contribution in [3.05, 3.63) is 51.7 Å². The van der Waals surface area contributed by atoms with Crippen LogP contribution in [0.5, 0.6) is 5.75 Å². The molecule has 0 aliphatic carbocycles. The van der Waals surface area contributed by atoms with Crippen molar-refractivity contribution in [1.82, 2.24) is 5.32 Å². The summed E-state index contributed by atoms with van der Waals surface area (Å²) in [4.78, 5) is 0. The molecule has 0 bridgehead atoms. The lowest BCUT2D eigenvalue weighted by Crippen LogP contribution is -2.16. The number of benzene rings is 1. The highest BCUT2D eigenvalue weighted by Crippen LogP contribution is 2.17. The Morgan fingerprint density at radius 1 is 1.29 bits per heavy atom. The summed E-state index contributed by atoms with van der Waals surface area (Å²) in [7, 11) is 0. The number of hydrogen-bond acceptors (Lipinski definition) is 3. The van der Waals surface area contributed by atoms with Gasteiger partial charge in [0.2, 0.25) is 0 Å². The zero-order valence-corrected chi connectivity index (χ0v) is 10.8. The minimum absolute atomic E-state index is 0.374. The summed E-state index contributed by atoms with van der Waals surface area (Å²) in [6, 6.07) is 7.85. The van der Waals surface area contributed by atoms with Crippen molar-refractivity contribution in [3.63, 3.8) is 0 Å². The largest absolute Gasteiger partial charge is 0.508 e. The van der Waals surface area contributed by atoms with Gasteiger partial charge < -0.3 is 10.4 Å². The number of phenolic OH excluding ortho intramolecular Hbond substituents is 1. The third-order valence-corrected chi connectivity index (χ3v) is 3.45. The van der Waals surface area contributed by atoms with Crippen molar-refractivity contribution in [1.29, 1.82) is 0 Å². The van der Waals surface area contributed by atoms with Crippen LogP contribution in [-0.2, 0) is 13.0 Å². The lowest BCUT2D eigenvalue weighted by Gasteiger charge is -2.07. The summed E-state index contributed by atoms with van der Waals surface area (Å²) in [6.07, 6.45) is 1.04. The van der Waals surface area contributed by atoms with Gasteiger partial charge in [-0.15, -0.1) is 0 Å². The highest BCUT2D eigenvalue weighted by Gasteiger charge is 2.00. The Morgan fingerprint density at radius 2 is 2.18 bits per heavy atom. The van der Waals surface area contributed by atoms with Gasteiger partial charge in [-0.2, -0.15) is 11.3 Å². The van der Waals surface area contributed by atoms with E-state index in [9.17, 15) is 5.11 Å². The zero-order chi connectivity index (χ0) is 12.1. The Labute approximate surface area is 106 Å². The second-order valence-electron chi connectivity index (χ2n) is 4.19. The molecule has 0 fully saturated rings. The average molecular weight is 247 g/mol. The second kappa shape index (κ2) is 5.84. The van der Waals surface area contributed by atoms with Crippen molar-refractivity contribution in [2.75, 3.05) is 6.54 Å². The van der Waals surface area contributed by atoms with Gasteiger partial charge in [0.1, 0.15) is 5.75 Å². The molecule has 0 amide bonds. The fraction of sp³-hybridized carbons (Fsp3) is 0.286. The van der Waals surface area contributed by atoms with Crippen molar-refractivity contribution >= 4 is 11.3 Å². The van der Waals surface area contributed by atoms with Crippen LogP contribution in [0.1, 0.15) is 16.7 Å². The summed E-state index contributed by atoms with van der Waals surface area (Å²) in [6.45, 7) is 3.69. The molecule has 1 aromatic carbocycles. The fourth-order valence-corrected chi connectivity index (χ4v) is 2.45. The van der Waals surface area contributed by atoms with E-state index in [1.54, 1.807) is 17.4 Å². The first-order chi connectivity index (χ1) is 8.25. The molecular formula is C14H17NOS. The van der Waals surface area contributed by atoms with Gasteiger partial charge in [0, 0.05) is 12.1 Å². The van der Waals surface area contributed by atoms with Crippen LogP contribution in [0.3, 0.4) is 0 Å². The molecule has 1 heterocycles. The van der Waals surface area contributed by atoms with Gasteiger partial charge in [-0.05, 0) is 48.3 Å². The maximum Gasteiger partial charge on any atom is 0.120 e. The van der Waals surface area contributed by atoms with Gasteiger partial charge in [-0.1, -0.05) is 17.7 Å². The van der Waals surface area contributed by atoms with E-state index in [-0.39, 0.29) is 0 Å². The molecule has 1 aromatic heterocycles. The van der Waals surface area contributed by atoms with Crippen LogP contribution < -0.4 is 5.32 Å². The Bertz CT molecular complexity index is 465. The SMILES string of the molecule is Cc1ccc(O)c(CNCCc2ccsc2)c1. The van der Waals surface area contributed by atoms with E-state index in [0.717, 1.165) is 25.1 Å². The first-order valence-corrected chi connectivity index (χ1v) is 6.70. The van der Waals surface area contributed by atoms with Crippen LogP contribution >= 0.6 is 11.3 Å². The summed E-state index contributed by atoms with van der Waals surface area (Å²) in [5.41, 5.74) is 3.52. The second-order valence-corrected chi connectivity index (χ2v) is 4.97. The molecule has 0 aliphatic rings. The molecule has 2 nitrogen and oxygen atoms in total. The Kier molecular flexibility index (Phi) is 4.18. The standard InChI is InChI=1S/C14H17NOS/c1-11-2-3-14(16)13(8-11)9-15-6-4-12-5-7-17-10-12/h2-3,5,7-8,10,15-16H,4,6,9H2,1H3. The van der Waals surface area contributed by atoms with Gasteiger partial charge in [0.05, 0.1) is 0 Å². The molecule has 0 radical (unpaired) electrons. The maximum atomic E-state index is 9.68. The number of thiophene rings is 1. The van der Waals surface area contributed by atoms with E-state index in [2.05, 4.69) is 22.1 Å². The number of nitrogens with one attached hydrogen (secondary N) is 1. The normalized spacial score (nSPS) is 10.6. The predicted molar refractivity (Wildman–Crippen MR) is 72.6 cm³/mol. The third-order valence-electron chi connectivity index (χ3n) is 2.72. The van der Waals surface area contributed by atoms with Gasteiger partial charge in [-0.25, -0.2) is 0 Å². The molecule has 2 aromatic rings. The molecule has 0 atom stereocenters. The highest BCUT2D eigenvalue weighted by molar-refractivity contribution is 7.07. The van der Waals surface area contributed by atoms with E-state index in [1.807, 2.05) is 19.1 Å². The summed E-state index contributed by atoms with van der Waals surface area (Å²) in [5.74, 6) is 0.374. The molecule has 0 saturated carbocycles. The fourth-order valence-electron chi connectivity index (χ4n) is 1.75. The third kappa shape index (κ3) is 3.58. The quantitative estimate of drug-likeness (QED) is 0.796. The number of aryl methyl sites for hydroxylation is 1. The van der Waals surface area contributed by atoms with E-state index in [0.29, 0.717) is 5.75 Å². The monoisotopic (exact) mass is 247 g/mol. The van der Waals surface area contributed by atoms with Gasteiger partial charge >= 0.3 is 0 Å². The Balaban J connectivity index is 1.80. The van der Waals surface area contributed by atoms with Crippen LogP contribution in [0, 0.1) is 6.92 Å². The zero-order valence-electron chi connectivity index (χ0n) is 9.94. The first-order valence-electron chi connectivity index (χ1n) is 5.76. The number of hydrogen-bond donors (Lipinski definition) is 2.